The van der Waals surface area contributed by atoms with Gasteiger partial charge in [0.25, 0.3) is 5.56 Å². The second-order valence-electron chi connectivity index (χ2n) is 9.12. The van der Waals surface area contributed by atoms with Gasteiger partial charge in [0, 0.05) is 31.0 Å². The van der Waals surface area contributed by atoms with E-state index >= 15 is 0 Å². The van der Waals surface area contributed by atoms with Crippen LogP contribution in [-0.2, 0) is 6.61 Å². The van der Waals surface area contributed by atoms with Crippen molar-refractivity contribution in [2.24, 2.45) is 5.10 Å². The Morgan fingerprint density at radius 1 is 1.02 bits per heavy atom. The van der Waals surface area contributed by atoms with Crippen LogP contribution in [0.2, 0.25) is 5.02 Å². The standard InChI is InChI=1S/C30H17Br2ClN4O5/c31-20-7-10-26-18(11-20)13-27(42-26)29-35-24-4-2-1-3-23(24)30(38)36(29)34-15-19-12-21(32)14-25(37(39)40)28(19)41-16-17-5-8-22(33)9-6-17/h1-15H,16H2. The second kappa shape index (κ2) is 11.5. The predicted octanol–water partition coefficient (Wildman–Crippen LogP) is 8.36. The quantitative estimate of drug-likeness (QED) is 0.0936. The van der Waals surface area contributed by atoms with Crippen molar-refractivity contribution in [3.05, 3.63) is 130 Å². The van der Waals surface area contributed by atoms with Crippen LogP contribution >= 0.6 is 43.5 Å². The number of benzene rings is 4. The molecule has 0 bridgehead atoms. The van der Waals surface area contributed by atoms with Gasteiger partial charge in [0.1, 0.15) is 12.2 Å². The van der Waals surface area contributed by atoms with Crippen LogP contribution in [0.4, 0.5) is 5.69 Å². The number of nitro benzene ring substituents is 1. The van der Waals surface area contributed by atoms with Crippen molar-refractivity contribution in [1.29, 1.82) is 0 Å². The monoisotopic (exact) mass is 706 g/mol. The molecule has 12 heteroatoms. The topological polar surface area (TPSA) is 113 Å². The highest BCUT2D eigenvalue weighted by molar-refractivity contribution is 9.10. The average molecular weight is 709 g/mol. The molecule has 42 heavy (non-hydrogen) atoms. The van der Waals surface area contributed by atoms with Gasteiger partial charge in [0.2, 0.25) is 11.6 Å². The van der Waals surface area contributed by atoms with Crippen molar-refractivity contribution in [3.8, 4) is 17.3 Å². The zero-order valence-electron chi connectivity index (χ0n) is 21.3. The zero-order chi connectivity index (χ0) is 29.4. The number of furan rings is 1. The molecule has 0 aliphatic heterocycles. The maximum Gasteiger partial charge on any atom is 0.312 e. The van der Waals surface area contributed by atoms with Crippen molar-refractivity contribution in [3.63, 3.8) is 0 Å². The van der Waals surface area contributed by atoms with Gasteiger partial charge >= 0.3 is 5.69 Å². The summed E-state index contributed by atoms with van der Waals surface area (Å²) in [6, 6.07) is 24.1. The van der Waals surface area contributed by atoms with Gasteiger partial charge in [-0.25, -0.2) is 4.98 Å². The Morgan fingerprint density at radius 3 is 2.60 bits per heavy atom. The van der Waals surface area contributed by atoms with Crippen LogP contribution in [0.15, 0.2) is 108 Å². The van der Waals surface area contributed by atoms with E-state index in [9.17, 15) is 14.9 Å². The predicted molar refractivity (Wildman–Crippen MR) is 168 cm³/mol. The molecule has 2 aromatic heterocycles. The van der Waals surface area contributed by atoms with Crippen LogP contribution in [-0.4, -0.2) is 20.8 Å². The maximum atomic E-state index is 13.7. The highest BCUT2D eigenvalue weighted by atomic mass is 79.9. The lowest BCUT2D eigenvalue weighted by molar-refractivity contribution is -0.386. The molecule has 208 valence electrons. The Balaban J connectivity index is 1.49. The number of rotatable bonds is 7. The van der Waals surface area contributed by atoms with E-state index in [1.807, 2.05) is 12.1 Å². The second-order valence-corrected chi connectivity index (χ2v) is 11.4. The summed E-state index contributed by atoms with van der Waals surface area (Å²) in [6.07, 6.45) is 1.33. The number of aromatic nitrogens is 2. The minimum atomic E-state index is -0.541. The minimum Gasteiger partial charge on any atom is -0.481 e. The maximum absolute atomic E-state index is 13.7. The van der Waals surface area contributed by atoms with Gasteiger partial charge in [-0.15, -0.1) is 0 Å². The third kappa shape index (κ3) is 5.58. The Hall–Kier alpha value is -4.32. The van der Waals surface area contributed by atoms with Crippen molar-refractivity contribution >= 4 is 77.2 Å². The molecule has 9 nitrogen and oxygen atoms in total. The molecular weight excluding hydrogens is 692 g/mol. The smallest absolute Gasteiger partial charge is 0.312 e. The summed E-state index contributed by atoms with van der Waals surface area (Å²) in [5, 5.41) is 18.1. The van der Waals surface area contributed by atoms with E-state index in [1.165, 1.54) is 12.3 Å². The molecule has 0 atom stereocenters. The number of ether oxygens (including phenoxy) is 1. The van der Waals surface area contributed by atoms with Gasteiger partial charge in [-0.05, 0) is 60.2 Å². The minimum absolute atomic E-state index is 0.0150. The molecule has 0 amide bonds. The Kier molecular flexibility index (Phi) is 7.63. The highest BCUT2D eigenvalue weighted by Gasteiger charge is 2.22. The lowest BCUT2D eigenvalue weighted by Gasteiger charge is -2.11. The number of hydrogen-bond acceptors (Lipinski definition) is 7. The average Bonchev–Trinajstić information content (AvgIpc) is 3.39. The first-order valence-corrected chi connectivity index (χ1v) is 14.3. The summed E-state index contributed by atoms with van der Waals surface area (Å²) < 4.78 is 14.4. The first-order valence-electron chi connectivity index (χ1n) is 12.4. The molecular formula is C30H17Br2ClN4O5. The van der Waals surface area contributed by atoms with Crippen molar-refractivity contribution in [1.82, 2.24) is 9.66 Å². The number of hydrogen-bond donors (Lipinski definition) is 0. The molecule has 0 radical (unpaired) electrons. The summed E-state index contributed by atoms with van der Waals surface area (Å²) in [6.45, 7) is 0.0394. The zero-order valence-corrected chi connectivity index (χ0v) is 25.3. The van der Waals surface area contributed by atoms with Gasteiger partial charge in [-0.3, -0.25) is 14.9 Å². The fourth-order valence-corrected chi connectivity index (χ4v) is 5.33. The van der Waals surface area contributed by atoms with E-state index in [2.05, 4.69) is 41.9 Å². The van der Waals surface area contributed by atoms with Crippen LogP contribution in [0.25, 0.3) is 33.5 Å². The molecule has 0 N–H and O–H groups in total. The van der Waals surface area contributed by atoms with Crippen LogP contribution in [0.3, 0.4) is 0 Å². The first-order chi connectivity index (χ1) is 20.3. The van der Waals surface area contributed by atoms with Gasteiger partial charge in [-0.1, -0.05) is 67.7 Å². The fraction of sp³-hybridized carbons (Fsp3) is 0.0333. The fourth-order valence-electron chi connectivity index (χ4n) is 4.36. The molecule has 6 aromatic rings. The van der Waals surface area contributed by atoms with E-state index in [0.717, 1.165) is 20.1 Å². The van der Waals surface area contributed by atoms with Gasteiger partial charge in [0.15, 0.2) is 5.76 Å². The van der Waals surface area contributed by atoms with Crippen molar-refractivity contribution in [2.75, 3.05) is 0 Å². The van der Waals surface area contributed by atoms with Crippen molar-refractivity contribution < 1.29 is 14.1 Å². The summed E-state index contributed by atoms with van der Waals surface area (Å²) >= 11 is 12.8. The molecule has 0 fully saturated rings. The third-order valence-electron chi connectivity index (χ3n) is 6.32. The molecule has 0 spiro atoms. The third-order valence-corrected chi connectivity index (χ3v) is 7.52. The highest BCUT2D eigenvalue weighted by Crippen LogP contribution is 2.35. The molecule has 2 heterocycles. The van der Waals surface area contributed by atoms with Crippen LogP contribution in [0.5, 0.6) is 5.75 Å². The van der Waals surface area contributed by atoms with E-state index in [-0.39, 0.29) is 29.4 Å². The van der Waals surface area contributed by atoms with Crippen LogP contribution in [0, 0.1) is 10.1 Å². The van der Waals surface area contributed by atoms with E-state index < -0.39 is 10.5 Å². The molecule has 0 aliphatic carbocycles. The molecule has 0 unspecified atom stereocenters. The normalized spacial score (nSPS) is 11.5. The summed E-state index contributed by atoms with van der Waals surface area (Å²) in [4.78, 5) is 29.8. The SMILES string of the molecule is O=c1c2ccccc2nc(-c2cc3cc(Br)ccc3o2)n1N=Cc1cc(Br)cc([N+](=O)[O-])c1OCc1ccc(Cl)cc1. The molecule has 0 aliphatic rings. The number of nitro groups is 1. The molecule has 4 aromatic carbocycles. The number of halogens is 3. The first kappa shape index (κ1) is 27.8. The largest absolute Gasteiger partial charge is 0.481 e. The van der Waals surface area contributed by atoms with E-state index in [1.54, 1.807) is 66.7 Å². The Morgan fingerprint density at radius 2 is 1.81 bits per heavy atom. The van der Waals surface area contributed by atoms with Crippen LogP contribution < -0.4 is 10.3 Å². The summed E-state index contributed by atoms with van der Waals surface area (Å²) in [7, 11) is 0. The van der Waals surface area contributed by atoms with Gasteiger partial charge in [0.05, 0.1) is 22.0 Å². The van der Waals surface area contributed by atoms with Gasteiger partial charge in [-0.2, -0.15) is 9.78 Å². The van der Waals surface area contributed by atoms with Crippen molar-refractivity contribution in [2.45, 2.75) is 6.61 Å². The summed E-state index contributed by atoms with van der Waals surface area (Å²) in [5.74, 6) is 0.469. The lowest BCUT2D eigenvalue weighted by atomic mass is 10.2. The summed E-state index contributed by atoms with van der Waals surface area (Å²) in [5.41, 5.74) is 1.38. The Bertz CT molecular complexity index is 2090. The van der Waals surface area contributed by atoms with E-state index in [4.69, 9.17) is 20.8 Å². The van der Waals surface area contributed by atoms with E-state index in [0.29, 0.717) is 31.7 Å². The van der Waals surface area contributed by atoms with Gasteiger partial charge < -0.3 is 9.15 Å². The number of fused-ring (bicyclic) bond motifs is 2. The van der Waals surface area contributed by atoms with Crippen LogP contribution in [0.1, 0.15) is 11.1 Å². The molecule has 6 rings (SSSR count). The molecule has 0 saturated heterocycles. The Labute approximate surface area is 259 Å². The number of nitrogens with zero attached hydrogens (tertiary/aromatic N) is 4. The lowest BCUT2D eigenvalue weighted by Crippen LogP contribution is -2.20. The molecule has 0 saturated carbocycles. The number of para-hydroxylation sites is 1.